The van der Waals surface area contributed by atoms with E-state index in [1.807, 2.05) is 0 Å². The first kappa shape index (κ1) is 17.1. The fourth-order valence-electron chi connectivity index (χ4n) is 2.81. The average molecular weight is 322 g/mol. The van der Waals surface area contributed by atoms with E-state index in [1.165, 1.54) is 31.7 Å². The molecule has 1 amide bonds. The zero-order chi connectivity index (χ0) is 16.8. The first-order valence-electron chi connectivity index (χ1n) is 7.76. The molecule has 1 aliphatic carbocycles. The van der Waals surface area contributed by atoms with Crippen LogP contribution in [0.2, 0.25) is 0 Å². The first-order chi connectivity index (χ1) is 11.0. The van der Waals surface area contributed by atoms with E-state index in [2.05, 4.69) is 12.2 Å². The number of amides is 1. The number of nitrogens with zero attached hydrogens (tertiary/aromatic N) is 1. The largest absolute Gasteiger partial charge is 0.493 e. The molecular weight excluding hydrogens is 300 g/mol. The predicted octanol–water partition coefficient (Wildman–Crippen LogP) is 2.68. The Hall–Kier alpha value is -2.31. The van der Waals surface area contributed by atoms with Crippen molar-refractivity contribution in [3.05, 3.63) is 28.3 Å². The van der Waals surface area contributed by atoms with Crippen LogP contribution in [0.15, 0.2) is 18.2 Å². The van der Waals surface area contributed by atoms with E-state index in [1.54, 1.807) is 0 Å². The smallest absolute Gasteiger partial charge is 0.273 e. The van der Waals surface area contributed by atoms with Crippen LogP contribution in [0.25, 0.3) is 0 Å². The van der Waals surface area contributed by atoms with Crippen molar-refractivity contribution < 1.29 is 19.2 Å². The summed E-state index contributed by atoms with van der Waals surface area (Å²) >= 11 is 0. The normalized spacial score (nSPS) is 20.6. The number of hydrogen-bond acceptors (Lipinski definition) is 5. The van der Waals surface area contributed by atoms with Crippen molar-refractivity contribution in [2.45, 2.75) is 38.6 Å². The molecule has 23 heavy (non-hydrogen) atoms. The molecule has 0 radical (unpaired) electrons. The number of nitrogens with one attached hydrogen (secondary N) is 1. The third kappa shape index (κ3) is 4.58. The molecular formula is C16H22N2O5. The summed E-state index contributed by atoms with van der Waals surface area (Å²) < 4.78 is 10.5. The van der Waals surface area contributed by atoms with E-state index in [-0.39, 0.29) is 30.0 Å². The molecule has 1 saturated carbocycles. The maximum absolute atomic E-state index is 12.0. The summed E-state index contributed by atoms with van der Waals surface area (Å²) in [5, 5.41) is 13.8. The number of nitro groups is 1. The van der Waals surface area contributed by atoms with Gasteiger partial charge in [-0.3, -0.25) is 14.9 Å². The van der Waals surface area contributed by atoms with E-state index >= 15 is 0 Å². The first-order valence-corrected chi connectivity index (χ1v) is 7.76. The molecule has 2 atom stereocenters. The molecule has 7 heteroatoms. The van der Waals surface area contributed by atoms with Gasteiger partial charge in [0, 0.05) is 12.1 Å². The van der Waals surface area contributed by atoms with E-state index < -0.39 is 4.92 Å². The minimum atomic E-state index is -0.518. The standard InChI is InChI=1S/C16H22N2O5/c1-11-5-3-4-6-13(11)17-16(19)10-23-15-9-12(18(20)21)7-8-14(15)22-2/h7-9,11,13H,3-6,10H2,1-2H3,(H,17,19)/t11-,13+/m0/s1. The molecule has 0 spiro atoms. The molecule has 0 saturated heterocycles. The average Bonchev–Trinajstić information content (AvgIpc) is 2.54. The Morgan fingerprint density at radius 2 is 2.09 bits per heavy atom. The van der Waals surface area contributed by atoms with Gasteiger partial charge < -0.3 is 14.8 Å². The maximum Gasteiger partial charge on any atom is 0.273 e. The van der Waals surface area contributed by atoms with Gasteiger partial charge in [0.2, 0.25) is 0 Å². The van der Waals surface area contributed by atoms with Gasteiger partial charge in [-0.1, -0.05) is 19.8 Å². The van der Waals surface area contributed by atoms with Crippen molar-refractivity contribution in [1.29, 1.82) is 0 Å². The van der Waals surface area contributed by atoms with Crippen LogP contribution in [0, 0.1) is 16.0 Å². The molecule has 0 unspecified atom stereocenters. The number of benzene rings is 1. The van der Waals surface area contributed by atoms with E-state index in [0.717, 1.165) is 19.3 Å². The lowest BCUT2D eigenvalue weighted by molar-refractivity contribution is -0.385. The Balaban J connectivity index is 1.95. The molecule has 7 nitrogen and oxygen atoms in total. The number of hydrogen-bond donors (Lipinski definition) is 1. The lowest BCUT2D eigenvalue weighted by Crippen LogP contribution is -2.43. The van der Waals surface area contributed by atoms with Crippen LogP contribution in [-0.2, 0) is 4.79 Å². The van der Waals surface area contributed by atoms with Crippen LogP contribution >= 0.6 is 0 Å². The van der Waals surface area contributed by atoms with Gasteiger partial charge in [-0.2, -0.15) is 0 Å². The van der Waals surface area contributed by atoms with Crippen molar-refractivity contribution in [2.24, 2.45) is 5.92 Å². The van der Waals surface area contributed by atoms with Crippen molar-refractivity contribution in [3.8, 4) is 11.5 Å². The Kier molecular flexibility index (Phi) is 5.78. The number of carbonyl (C=O) groups excluding carboxylic acids is 1. The molecule has 1 aromatic carbocycles. The van der Waals surface area contributed by atoms with Gasteiger partial charge in [-0.05, 0) is 24.8 Å². The number of methoxy groups -OCH3 is 1. The lowest BCUT2D eigenvalue weighted by atomic mass is 9.86. The fraction of sp³-hybridized carbons (Fsp3) is 0.562. The molecule has 1 fully saturated rings. The number of carbonyl (C=O) groups is 1. The highest BCUT2D eigenvalue weighted by Gasteiger charge is 2.23. The van der Waals surface area contributed by atoms with Gasteiger partial charge in [-0.15, -0.1) is 0 Å². The van der Waals surface area contributed by atoms with Crippen molar-refractivity contribution in [3.63, 3.8) is 0 Å². The number of ether oxygens (including phenoxy) is 2. The van der Waals surface area contributed by atoms with Gasteiger partial charge >= 0.3 is 0 Å². The summed E-state index contributed by atoms with van der Waals surface area (Å²) in [4.78, 5) is 22.3. The van der Waals surface area contributed by atoms with E-state index in [0.29, 0.717) is 11.7 Å². The predicted molar refractivity (Wildman–Crippen MR) is 84.7 cm³/mol. The summed E-state index contributed by atoms with van der Waals surface area (Å²) in [5.74, 6) is 0.778. The summed E-state index contributed by atoms with van der Waals surface area (Å²) in [5.41, 5.74) is -0.109. The highest BCUT2D eigenvalue weighted by atomic mass is 16.6. The summed E-state index contributed by atoms with van der Waals surface area (Å²) in [6, 6.07) is 4.21. The monoisotopic (exact) mass is 322 g/mol. The quantitative estimate of drug-likeness (QED) is 0.642. The van der Waals surface area contributed by atoms with Crippen LogP contribution in [0.1, 0.15) is 32.6 Å². The highest BCUT2D eigenvalue weighted by molar-refractivity contribution is 5.78. The van der Waals surface area contributed by atoms with Crippen LogP contribution < -0.4 is 14.8 Å². The van der Waals surface area contributed by atoms with Gasteiger partial charge in [0.25, 0.3) is 11.6 Å². The molecule has 1 aromatic rings. The number of rotatable bonds is 6. The summed E-state index contributed by atoms with van der Waals surface area (Å²) in [7, 11) is 1.44. The lowest BCUT2D eigenvalue weighted by Gasteiger charge is -2.29. The molecule has 0 heterocycles. The van der Waals surface area contributed by atoms with Crippen LogP contribution in [0.3, 0.4) is 0 Å². The van der Waals surface area contributed by atoms with Gasteiger partial charge in [-0.25, -0.2) is 0 Å². The maximum atomic E-state index is 12.0. The zero-order valence-corrected chi connectivity index (χ0v) is 13.4. The van der Waals surface area contributed by atoms with Crippen LogP contribution in [-0.4, -0.2) is 30.6 Å². The van der Waals surface area contributed by atoms with E-state index in [4.69, 9.17) is 9.47 Å². The van der Waals surface area contributed by atoms with Gasteiger partial charge in [0.05, 0.1) is 18.1 Å². The highest BCUT2D eigenvalue weighted by Crippen LogP contribution is 2.31. The molecule has 2 rings (SSSR count). The molecule has 1 N–H and O–H groups in total. The summed E-state index contributed by atoms with van der Waals surface area (Å²) in [6.07, 6.45) is 4.42. The topological polar surface area (TPSA) is 90.7 Å². The van der Waals surface area contributed by atoms with Gasteiger partial charge in [0.15, 0.2) is 18.1 Å². The fourth-order valence-corrected chi connectivity index (χ4v) is 2.81. The van der Waals surface area contributed by atoms with Crippen molar-refractivity contribution in [2.75, 3.05) is 13.7 Å². The molecule has 0 aliphatic heterocycles. The molecule has 126 valence electrons. The van der Waals surface area contributed by atoms with Crippen LogP contribution in [0.4, 0.5) is 5.69 Å². The minimum Gasteiger partial charge on any atom is -0.493 e. The Labute approximate surface area is 135 Å². The van der Waals surface area contributed by atoms with Crippen molar-refractivity contribution in [1.82, 2.24) is 5.32 Å². The molecule has 0 aromatic heterocycles. The Morgan fingerprint density at radius 3 is 2.74 bits per heavy atom. The Bertz CT molecular complexity index is 576. The third-order valence-electron chi connectivity index (χ3n) is 4.17. The number of non-ortho nitro benzene ring substituents is 1. The second-order valence-corrected chi connectivity index (χ2v) is 5.82. The minimum absolute atomic E-state index is 0.109. The van der Waals surface area contributed by atoms with Crippen molar-refractivity contribution >= 4 is 11.6 Å². The van der Waals surface area contributed by atoms with Gasteiger partial charge in [0.1, 0.15) is 0 Å². The second kappa shape index (κ2) is 7.80. The zero-order valence-electron chi connectivity index (χ0n) is 13.4. The third-order valence-corrected chi connectivity index (χ3v) is 4.17. The van der Waals surface area contributed by atoms with Crippen LogP contribution in [0.5, 0.6) is 11.5 Å². The Morgan fingerprint density at radius 1 is 1.35 bits per heavy atom. The second-order valence-electron chi connectivity index (χ2n) is 5.82. The number of nitro benzene ring substituents is 1. The SMILES string of the molecule is COc1ccc([N+](=O)[O-])cc1OCC(=O)N[C@@H]1CCCC[C@@H]1C. The van der Waals surface area contributed by atoms with E-state index in [9.17, 15) is 14.9 Å². The summed E-state index contributed by atoms with van der Waals surface area (Å²) in [6.45, 7) is 1.94. The molecule has 1 aliphatic rings. The molecule has 0 bridgehead atoms.